The Morgan fingerprint density at radius 2 is 1.95 bits per heavy atom. The van der Waals surface area contributed by atoms with Gasteiger partial charge in [0.1, 0.15) is 36.0 Å². The number of ether oxygens (including phenoxy) is 3. The maximum atomic E-state index is 12.0. The lowest BCUT2D eigenvalue weighted by atomic mass is 10.0. The van der Waals surface area contributed by atoms with Gasteiger partial charge >= 0.3 is 0 Å². The fraction of sp³-hybridized carbons (Fsp3) is 0.300. The summed E-state index contributed by atoms with van der Waals surface area (Å²) in [6, 6.07) is 13.6. The third-order valence-electron chi connectivity index (χ3n) is 6.88. The predicted molar refractivity (Wildman–Crippen MR) is 154 cm³/mol. The molecule has 208 valence electrons. The first-order chi connectivity index (χ1) is 19.6. The summed E-state index contributed by atoms with van der Waals surface area (Å²) in [6.45, 7) is 5.79. The van der Waals surface area contributed by atoms with E-state index in [4.69, 9.17) is 18.6 Å². The van der Waals surface area contributed by atoms with E-state index in [0.29, 0.717) is 43.6 Å². The number of nitrogens with zero attached hydrogens (tertiary/aromatic N) is 3. The number of hydrogen-bond acceptors (Lipinski definition) is 9. The Balaban J connectivity index is 1.46. The van der Waals surface area contributed by atoms with Crippen molar-refractivity contribution in [2.45, 2.75) is 18.9 Å². The summed E-state index contributed by atoms with van der Waals surface area (Å²) in [4.78, 5) is 22.9. The number of fused-ring (bicyclic) bond motifs is 1. The Labute approximate surface area is 233 Å². The molecule has 0 bridgehead atoms. The van der Waals surface area contributed by atoms with Crippen LogP contribution in [-0.4, -0.2) is 67.3 Å². The van der Waals surface area contributed by atoms with E-state index >= 15 is 0 Å². The minimum Gasteiger partial charge on any atom is -0.495 e. The van der Waals surface area contributed by atoms with Crippen LogP contribution in [0.15, 0.2) is 72.1 Å². The normalized spacial score (nSPS) is 13.7. The van der Waals surface area contributed by atoms with Gasteiger partial charge in [-0.2, -0.15) is 0 Å². The second-order valence-corrected chi connectivity index (χ2v) is 9.39. The topological polar surface area (TPSA) is 111 Å². The number of anilines is 3. The average molecular weight is 544 g/mol. The molecule has 4 aromatic rings. The molecule has 2 N–H and O–H groups in total. The zero-order valence-corrected chi connectivity index (χ0v) is 22.7. The van der Waals surface area contributed by atoms with Gasteiger partial charge in [0.05, 0.1) is 36.9 Å². The number of nitrogens with one attached hydrogen (secondary N) is 2. The van der Waals surface area contributed by atoms with Gasteiger partial charge in [-0.25, -0.2) is 9.97 Å². The Morgan fingerprint density at radius 3 is 2.67 bits per heavy atom. The minimum absolute atomic E-state index is 0.0350. The van der Waals surface area contributed by atoms with Crippen LogP contribution in [0.2, 0.25) is 0 Å². The SMILES string of the molecule is C=CC(=O)N1CCC(Nc2cc3c(Nc4cc(-c5ccco5)ccc4OC)ncnc3cc2OCCOC)CC1. The molecule has 40 heavy (non-hydrogen) atoms. The van der Waals surface area contributed by atoms with Gasteiger partial charge in [0.2, 0.25) is 5.91 Å². The zero-order chi connectivity index (χ0) is 27.9. The number of rotatable bonds is 11. The summed E-state index contributed by atoms with van der Waals surface area (Å²) in [7, 11) is 3.27. The Kier molecular flexibility index (Phi) is 8.46. The second-order valence-electron chi connectivity index (χ2n) is 9.39. The lowest BCUT2D eigenvalue weighted by Crippen LogP contribution is -2.41. The van der Waals surface area contributed by atoms with E-state index in [0.717, 1.165) is 46.4 Å². The van der Waals surface area contributed by atoms with Crippen LogP contribution in [0, 0.1) is 0 Å². The summed E-state index contributed by atoms with van der Waals surface area (Å²) in [5.74, 6) is 2.69. The minimum atomic E-state index is -0.0350. The molecule has 3 heterocycles. The number of hydrogen-bond donors (Lipinski definition) is 2. The molecule has 10 nitrogen and oxygen atoms in total. The largest absolute Gasteiger partial charge is 0.495 e. The molecular formula is C30H33N5O5. The van der Waals surface area contributed by atoms with Gasteiger partial charge in [-0.15, -0.1) is 0 Å². The number of likely N-dealkylation sites (tertiary alicyclic amines) is 1. The van der Waals surface area contributed by atoms with Gasteiger partial charge in [0.15, 0.2) is 0 Å². The molecular weight excluding hydrogens is 510 g/mol. The highest BCUT2D eigenvalue weighted by Gasteiger charge is 2.23. The standard InChI is InChI=1S/C30H33N5O5/c1-4-29(36)35-11-9-21(10-12-35)33-25-17-22-23(18-28(25)40-15-14-37-2)31-19-32-30(22)34-24-16-20(7-8-27(24)38-3)26-6-5-13-39-26/h4-8,13,16-19,21,33H,1,9-12,14-15H2,2-3H3,(H,31,32,34). The smallest absolute Gasteiger partial charge is 0.245 e. The van der Waals surface area contributed by atoms with Crippen molar-refractivity contribution in [3.05, 3.63) is 67.7 Å². The van der Waals surface area contributed by atoms with E-state index in [1.54, 1.807) is 20.5 Å². The number of furan rings is 1. The fourth-order valence-electron chi connectivity index (χ4n) is 4.77. The zero-order valence-electron chi connectivity index (χ0n) is 22.7. The van der Waals surface area contributed by atoms with Gasteiger partial charge < -0.3 is 34.2 Å². The Bertz CT molecular complexity index is 1470. The van der Waals surface area contributed by atoms with Crippen molar-refractivity contribution in [2.24, 2.45) is 0 Å². The van der Waals surface area contributed by atoms with Crippen molar-refractivity contribution >= 4 is 34.0 Å². The second kappa shape index (κ2) is 12.5. The molecule has 0 saturated carbocycles. The third-order valence-corrected chi connectivity index (χ3v) is 6.88. The summed E-state index contributed by atoms with van der Waals surface area (Å²) in [5, 5.41) is 7.89. The number of aromatic nitrogens is 2. The summed E-state index contributed by atoms with van der Waals surface area (Å²) >= 11 is 0. The maximum Gasteiger partial charge on any atom is 0.245 e. The van der Waals surface area contributed by atoms with Crippen LogP contribution in [0.4, 0.5) is 17.2 Å². The van der Waals surface area contributed by atoms with E-state index in [9.17, 15) is 4.79 Å². The monoisotopic (exact) mass is 543 g/mol. The molecule has 0 unspecified atom stereocenters. The van der Waals surface area contributed by atoms with Crippen molar-refractivity contribution in [1.29, 1.82) is 0 Å². The fourth-order valence-corrected chi connectivity index (χ4v) is 4.77. The third kappa shape index (κ3) is 6.02. The number of methoxy groups -OCH3 is 2. The van der Waals surface area contributed by atoms with Crippen LogP contribution in [0.25, 0.3) is 22.2 Å². The molecule has 2 aromatic heterocycles. The van der Waals surface area contributed by atoms with Crippen LogP contribution in [0.1, 0.15) is 12.8 Å². The van der Waals surface area contributed by atoms with Gasteiger partial charge in [-0.3, -0.25) is 4.79 Å². The molecule has 1 aliphatic heterocycles. The van der Waals surface area contributed by atoms with E-state index in [1.165, 1.54) is 12.4 Å². The molecule has 0 atom stereocenters. The number of carbonyl (C=O) groups excluding carboxylic acids is 1. The molecule has 0 aliphatic carbocycles. The van der Waals surface area contributed by atoms with E-state index < -0.39 is 0 Å². The molecule has 0 radical (unpaired) electrons. The predicted octanol–water partition coefficient (Wildman–Crippen LogP) is 5.26. The van der Waals surface area contributed by atoms with Crippen molar-refractivity contribution in [3.8, 4) is 22.8 Å². The molecule has 10 heteroatoms. The van der Waals surface area contributed by atoms with Crippen molar-refractivity contribution < 1.29 is 23.4 Å². The number of benzene rings is 2. The van der Waals surface area contributed by atoms with Gasteiger partial charge in [-0.05, 0) is 55.3 Å². The Morgan fingerprint density at radius 1 is 1.10 bits per heavy atom. The van der Waals surface area contributed by atoms with Crippen LogP contribution in [0.5, 0.6) is 11.5 Å². The highest BCUT2D eigenvalue weighted by atomic mass is 16.5. The quantitative estimate of drug-likeness (QED) is 0.193. The molecule has 1 aliphatic rings. The first-order valence-electron chi connectivity index (χ1n) is 13.2. The molecule has 1 fully saturated rings. The number of piperidine rings is 1. The summed E-state index contributed by atoms with van der Waals surface area (Å²) < 4.78 is 22.5. The van der Waals surface area contributed by atoms with Crippen LogP contribution in [0.3, 0.4) is 0 Å². The van der Waals surface area contributed by atoms with E-state index in [-0.39, 0.29) is 11.9 Å². The van der Waals surface area contributed by atoms with E-state index in [1.807, 2.05) is 47.4 Å². The van der Waals surface area contributed by atoms with Crippen molar-refractivity contribution in [2.75, 3.05) is 51.2 Å². The van der Waals surface area contributed by atoms with Crippen molar-refractivity contribution in [3.63, 3.8) is 0 Å². The molecule has 5 rings (SSSR count). The lowest BCUT2D eigenvalue weighted by molar-refractivity contribution is -0.126. The van der Waals surface area contributed by atoms with Crippen LogP contribution in [-0.2, 0) is 9.53 Å². The van der Waals surface area contributed by atoms with Crippen LogP contribution < -0.4 is 20.1 Å². The Hall–Kier alpha value is -4.57. The average Bonchev–Trinajstić information content (AvgIpc) is 3.53. The molecule has 2 aromatic carbocycles. The summed E-state index contributed by atoms with van der Waals surface area (Å²) in [5.41, 5.74) is 3.20. The number of amides is 1. The molecule has 1 saturated heterocycles. The van der Waals surface area contributed by atoms with Crippen molar-refractivity contribution in [1.82, 2.24) is 14.9 Å². The molecule has 0 spiro atoms. The van der Waals surface area contributed by atoms with Gasteiger partial charge in [-0.1, -0.05) is 6.58 Å². The first kappa shape index (κ1) is 27.0. The summed E-state index contributed by atoms with van der Waals surface area (Å²) in [6.07, 6.45) is 6.15. The highest BCUT2D eigenvalue weighted by molar-refractivity contribution is 5.95. The lowest BCUT2D eigenvalue weighted by Gasteiger charge is -2.32. The van der Waals surface area contributed by atoms with E-state index in [2.05, 4.69) is 27.2 Å². The van der Waals surface area contributed by atoms with Gasteiger partial charge in [0.25, 0.3) is 0 Å². The molecule has 1 amide bonds. The van der Waals surface area contributed by atoms with Crippen LogP contribution >= 0.6 is 0 Å². The van der Waals surface area contributed by atoms with Gasteiger partial charge in [0, 0.05) is 43.3 Å². The highest BCUT2D eigenvalue weighted by Crippen LogP contribution is 2.37. The first-order valence-corrected chi connectivity index (χ1v) is 13.2. The number of carbonyl (C=O) groups is 1. The maximum absolute atomic E-state index is 12.0.